The number of piperazine rings is 1. The average molecular weight is 267 g/mol. The van der Waals surface area contributed by atoms with Gasteiger partial charge >= 0.3 is 0 Å². The first-order chi connectivity index (χ1) is 8.70. The fourth-order valence-electron chi connectivity index (χ4n) is 2.17. The van der Waals surface area contributed by atoms with E-state index >= 15 is 0 Å². The number of nitrogen functional groups attached to an aromatic ring is 1. The van der Waals surface area contributed by atoms with Crippen molar-refractivity contribution in [1.82, 2.24) is 14.9 Å². The van der Waals surface area contributed by atoms with E-state index in [1.165, 1.54) is 12.3 Å². The van der Waals surface area contributed by atoms with E-state index in [0.717, 1.165) is 37.6 Å². The van der Waals surface area contributed by atoms with E-state index in [9.17, 15) is 0 Å². The summed E-state index contributed by atoms with van der Waals surface area (Å²) in [5.74, 6) is 2.56. The molecule has 1 aliphatic rings. The van der Waals surface area contributed by atoms with E-state index in [2.05, 4.69) is 26.0 Å². The summed E-state index contributed by atoms with van der Waals surface area (Å²) < 4.78 is 0. The van der Waals surface area contributed by atoms with Gasteiger partial charge in [-0.25, -0.2) is 4.98 Å². The number of nitrogens with zero attached hydrogens (tertiary/aromatic N) is 4. The number of anilines is 2. The second kappa shape index (κ2) is 6.24. The Bertz CT molecular complexity index is 390. The molecule has 2 heterocycles. The molecule has 1 aromatic rings. The molecule has 0 aliphatic carbocycles. The molecule has 1 aliphatic heterocycles. The number of rotatable bonds is 4. The number of aromatic nitrogens is 2. The highest BCUT2D eigenvalue weighted by atomic mass is 32.2. The van der Waals surface area contributed by atoms with Crippen LogP contribution in [0.4, 0.5) is 11.8 Å². The molecule has 0 aromatic carbocycles. The molecular weight excluding hydrogens is 246 g/mol. The van der Waals surface area contributed by atoms with Gasteiger partial charge in [0.25, 0.3) is 0 Å². The van der Waals surface area contributed by atoms with E-state index in [1.807, 2.05) is 18.7 Å². The highest BCUT2D eigenvalue weighted by molar-refractivity contribution is 7.98. The van der Waals surface area contributed by atoms with Crippen LogP contribution in [0.5, 0.6) is 0 Å². The van der Waals surface area contributed by atoms with Gasteiger partial charge in [0, 0.05) is 50.2 Å². The maximum Gasteiger partial charge on any atom is 0.221 e. The van der Waals surface area contributed by atoms with Crippen molar-refractivity contribution >= 4 is 23.5 Å². The van der Waals surface area contributed by atoms with Gasteiger partial charge in [-0.15, -0.1) is 0 Å². The van der Waals surface area contributed by atoms with Crippen LogP contribution in [0.25, 0.3) is 0 Å². The topological polar surface area (TPSA) is 58.3 Å². The minimum absolute atomic E-state index is 0.361. The van der Waals surface area contributed by atoms with Crippen molar-refractivity contribution < 1.29 is 0 Å². The first kappa shape index (κ1) is 13.4. The third-order valence-electron chi connectivity index (χ3n) is 3.25. The van der Waals surface area contributed by atoms with Gasteiger partial charge in [-0.3, -0.25) is 4.90 Å². The molecule has 0 bridgehead atoms. The molecule has 0 unspecified atom stereocenters. The van der Waals surface area contributed by atoms with Crippen LogP contribution >= 0.6 is 11.8 Å². The van der Waals surface area contributed by atoms with E-state index in [1.54, 1.807) is 6.20 Å². The normalized spacial score (nSPS) is 17.1. The minimum atomic E-state index is 0.361. The van der Waals surface area contributed by atoms with Crippen LogP contribution in [0.3, 0.4) is 0 Å². The third-order valence-corrected chi connectivity index (χ3v) is 3.84. The zero-order valence-corrected chi connectivity index (χ0v) is 11.9. The Hall–Kier alpha value is -1.01. The molecule has 1 saturated heterocycles. The van der Waals surface area contributed by atoms with Gasteiger partial charge in [0.05, 0.1) is 0 Å². The molecule has 18 heavy (non-hydrogen) atoms. The summed E-state index contributed by atoms with van der Waals surface area (Å²) in [5.41, 5.74) is 6.76. The van der Waals surface area contributed by atoms with Crippen molar-refractivity contribution in [3.63, 3.8) is 0 Å². The molecule has 1 fully saturated rings. The van der Waals surface area contributed by atoms with Gasteiger partial charge in [-0.05, 0) is 13.2 Å². The quantitative estimate of drug-likeness (QED) is 0.873. The molecular formula is C12H21N5S. The van der Waals surface area contributed by atoms with Crippen molar-refractivity contribution in [1.29, 1.82) is 0 Å². The standard InChI is InChI=1S/C12H21N5S/c1-10-9-14-12(13)15-11(10)17-5-3-16(4-6-17)7-8-18-2/h9H,3-8H2,1-2H3,(H2,13,14,15). The Morgan fingerprint density at radius 3 is 2.72 bits per heavy atom. The molecule has 2 rings (SSSR count). The number of hydrogen-bond donors (Lipinski definition) is 1. The second-order valence-corrected chi connectivity index (χ2v) is 5.54. The summed E-state index contributed by atoms with van der Waals surface area (Å²) in [7, 11) is 0. The monoisotopic (exact) mass is 267 g/mol. The average Bonchev–Trinajstić information content (AvgIpc) is 2.40. The molecule has 0 saturated carbocycles. The van der Waals surface area contributed by atoms with Gasteiger partial charge in [-0.1, -0.05) is 0 Å². The van der Waals surface area contributed by atoms with Crippen LogP contribution in [0.2, 0.25) is 0 Å². The van der Waals surface area contributed by atoms with Gasteiger partial charge in [-0.2, -0.15) is 16.7 Å². The Morgan fingerprint density at radius 1 is 1.33 bits per heavy atom. The van der Waals surface area contributed by atoms with Crippen LogP contribution in [0.1, 0.15) is 5.56 Å². The SMILES string of the molecule is CSCCN1CCN(c2nc(N)ncc2C)CC1. The lowest BCUT2D eigenvalue weighted by molar-refractivity contribution is 0.272. The van der Waals surface area contributed by atoms with Crippen molar-refractivity contribution in [3.8, 4) is 0 Å². The van der Waals surface area contributed by atoms with Gasteiger partial charge in [0.1, 0.15) is 5.82 Å². The van der Waals surface area contributed by atoms with E-state index < -0.39 is 0 Å². The van der Waals surface area contributed by atoms with E-state index in [0.29, 0.717) is 5.95 Å². The smallest absolute Gasteiger partial charge is 0.221 e. The van der Waals surface area contributed by atoms with Gasteiger partial charge in [0.2, 0.25) is 5.95 Å². The largest absolute Gasteiger partial charge is 0.368 e. The summed E-state index contributed by atoms with van der Waals surface area (Å²) in [4.78, 5) is 13.2. The minimum Gasteiger partial charge on any atom is -0.368 e. The lowest BCUT2D eigenvalue weighted by atomic mass is 10.2. The van der Waals surface area contributed by atoms with Crippen molar-refractivity contribution in [3.05, 3.63) is 11.8 Å². The predicted octanol–water partition coefficient (Wildman–Crippen LogP) is 0.852. The molecule has 2 N–H and O–H groups in total. The predicted molar refractivity (Wildman–Crippen MR) is 78.2 cm³/mol. The number of nitrogens with two attached hydrogens (primary N) is 1. The maximum absolute atomic E-state index is 5.67. The molecule has 0 spiro atoms. The van der Waals surface area contributed by atoms with Crippen molar-refractivity contribution in [2.24, 2.45) is 0 Å². The molecule has 1 aromatic heterocycles. The number of thioether (sulfide) groups is 1. The fraction of sp³-hybridized carbons (Fsp3) is 0.667. The fourth-order valence-corrected chi connectivity index (χ4v) is 2.61. The lowest BCUT2D eigenvalue weighted by Crippen LogP contribution is -2.47. The second-order valence-electron chi connectivity index (χ2n) is 4.56. The summed E-state index contributed by atoms with van der Waals surface area (Å²) in [6.07, 6.45) is 3.96. The third kappa shape index (κ3) is 3.26. The highest BCUT2D eigenvalue weighted by Gasteiger charge is 2.19. The molecule has 0 radical (unpaired) electrons. The summed E-state index contributed by atoms with van der Waals surface area (Å²) in [5, 5.41) is 0. The van der Waals surface area contributed by atoms with E-state index in [-0.39, 0.29) is 0 Å². The first-order valence-corrected chi connectivity index (χ1v) is 7.65. The Kier molecular flexibility index (Phi) is 4.66. The van der Waals surface area contributed by atoms with Crippen LogP contribution < -0.4 is 10.6 Å². The molecule has 0 amide bonds. The summed E-state index contributed by atoms with van der Waals surface area (Å²) in [6.45, 7) is 7.46. The Balaban J connectivity index is 1.94. The zero-order valence-electron chi connectivity index (χ0n) is 11.1. The first-order valence-electron chi connectivity index (χ1n) is 6.26. The Morgan fingerprint density at radius 2 is 2.06 bits per heavy atom. The molecule has 5 nitrogen and oxygen atoms in total. The maximum atomic E-state index is 5.67. The van der Waals surface area contributed by atoms with Gasteiger partial charge in [0.15, 0.2) is 0 Å². The van der Waals surface area contributed by atoms with Crippen molar-refractivity contribution in [2.45, 2.75) is 6.92 Å². The highest BCUT2D eigenvalue weighted by Crippen LogP contribution is 2.18. The number of aryl methyl sites for hydroxylation is 1. The van der Waals surface area contributed by atoms with Crippen LogP contribution in [0.15, 0.2) is 6.20 Å². The zero-order chi connectivity index (χ0) is 13.0. The molecule has 100 valence electrons. The summed E-state index contributed by atoms with van der Waals surface area (Å²) in [6, 6.07) is 0. The van der Waals surface area contributed by atoms with Crippen LogP contribution in [-0.4, -0.2) is 59.6 Å². The molecule has 6 heteroatoms. The van der Waals surface area contributed by atoms with E-state index in [4.69, 9.17) is 5.73 Å². The van der Waals surface area contributed by atoms with Gasteiger partial charge < -0.3 is 10.6 Å². The van der Waals surface area contributed by atoms with Crippen LogP contribution in [-0.2, 0) is 0 Å². The Labute approximate surface area is 113 Å². The number of hydrogen-bond acceptors (Lipinski definition) is 6. The summed E-state index contributed by atoms with van der Waals surface area (Å²) >= 11 is 1.90. The molecule has 0 atom stereocenters. The van der Waals surface area contributed by atoms with Crippen molar-refractivity contribution in [2.75, 3.05) is 55.4 Å². The van der Waals surface area contributed by atoms with Crippen LogP contribution in [0, 0.1) is 6.92 Å². The lowest BCUT2D eigenvalue weighted by Gasteiger charge is -2.35.